The molecule has 0 bridgehead atoms. The summed E-state index contributed by atoms with van der Waals surface area (Å²) in [6, 6.07) is -0.932. The van der Waals surface area contributed by atoms with E-state index in [1.54, 1.807) is 5.32 Å². The lowest BCUT2D eigenvalue weighted by molar-refractivity contribution is -0.157. The Morgan fingerprint density at radius 3 is 2.37 bits per heavy atom. The maximum absolute atomic E-state index is 12.1. The molecule has 1 atom stereocenters. The highest BCUT2D eigenvalue weighted by molar-refractivity contribution is 7.20. The molecule has 0 aliphatic heterocycles. The SMILES string of the molecule is O=C(NC(CC(F)(F)F)C(=O)O)c1cc(Cl)sc1Cl. The van der Waals surface area contributed by atoms with Gasteiger partial charge in [0.15, 0.2) is 0 Å². The van der Waals surface area contributed by atoms with Crippen LogP contribution in [0.3, 0.4) is 0 Å². The molecule has 1 aromatic rings. The number of alkyl halides is 3. The molecule has 1 amide bonds. The number of nitrogens with one attached hydrogen (secondary N) is 1. The van der Waals surface area contributed by atoms with Crippen LogP contribution in [-0.4, -0.2) is 29.2 Å². The van der Waals surface area contributed by atoms with Crippen LogP contribution in [0.1, 0.15) is 16.8 Å². The Labute approximate surface area is 119 Å². The molecule has 1 heterocycles. The van der Waals surface area contributed by atoms with Gasteiger partial charge < -0.3 is 10.4 Å². The van der Waals surface area contributed by atoms with E-state index < -0.39 is 30.5 Å². The lowest BCUT2D eigenvalue weighted by Gasteiger charge is -2.15. The zero-order valence-electron chi connectivity index (χ0n) is 8.92. The van der Waals surface area contributed by atoms with E-state index in [1.165, 1.54) is 0 Å². The van der Waals surface area contributed by atoms with Crippen molar-refractivity contribution in [3.63, 3.8) is 0 Å². The summed E-state index contributed by atoms with van der Waals surface area (Å²) in [6.07, 6.45) is -6.39. The lowest BCUT2D eigenvalue weighted by Crippen LogP contribution is -2.43. The summed E-state index contributed by atoms with van der Waals surface area (Å²) in [5, 5.41) is 10.4. The van der Waals surface area contributed by atoms with E-state index in [0.29, 0.717) is 0 Å². The molecular weight excluding hydrogens is 330 g/mol. The molecule has 10 heteroatoms. The molecular formula is C9H6Cl2F3NO3S. The van der Waals surface area contributed by atoms with Gasteiger partial charge in [-0.3, -0.25) is 4.79 Å². The molecule has 1 aromatic heterocycles. The summed E-state index contributed by atoms with van der Waals surface area (Å²) < 4.78 is 36.6. The Morgan fingerprint density at radius 2 is 2.00 bits per heavy atom. The van der Waals surface area contributed by atoms with Crippen LogP contribution in [0.4, 0.5) is 13.2 Å². The highest BCUT2D eigenvalue weighted by Crippen LogP contribution is 2.31. The van der Waals surface area contributed by atoms with Crippen molar-refractivity contribution in [2.75, 3.05) is 0 Å². The normalized spacial score (nSPS) is 13.1. The van der Waals surface area contributed by atoms with Crippen molar-refractivity contribution in [2.24, 2.45) is 0 Å². The van der Waals surface area contributed by atoms with E-state index in [2.05, 4.69) is 0 Å². The summed E-state index contributed by atoms with van der Waals surface area (Å²) in [7, 11) is 0. The Hall–Kier alpha value is -0.990. The Bertz CT molecular complexity index is 503. The number of carbonyl (C=O) groups excluding carboxylic acids is 1. The summed E-state index contributed by atoms with van der Waals surface area (Å²) in [4.78, 5) is 22.3. The van der Waals surface area contributed by atoms with Gasteiger partial charge in [0.25, 0.3) is 5.91 Å². The number of thiophene rings is 1. The van der Waals surface area contributed by atoms with Crippen LogP contribution in [0.2, 0.25) is 8.67 Å². The monoisotopic (exact) mass is 335 g/mol. The Morgan fingerprint density at radius 1 is 1.42 bits per heavy atom. The highest BCUT2D eigenvalue weighted by atomic mass is 35.5. The summed E-state index contributed by atoms with van der Waals surface area (Å²) in [6.45, 7) is 0. The van der Waals surface area contributed by atoms with E-state index in [1.807, 2.05) is 0 Å². The first-order valence-corrected chi connectivity index (χ1v) is 6.22. The van der Waals surface area contributed by atoms with Gasteiger partial charge >= 0.3 is 12.1 Å². The third-order valence-electron chi connectivity index (χ3n) is 1.94. The molecule has 0 radical (unpaired) electrons. The highest BCUT2D eigenvalue weighted by Gasteiger charge is 2.36. The maximum Gasteiger partial charge on any atom is 0.391 e. The standard InChI is InChI=1S/C9H6Cl2F3NO3S/c10-5-1-3(6(11)19-5)7(16)15-4(8(17)18)2-9(12,13)14/h1,4H,2H2,(H,15,16)(H,17,18). The number of hydrogen-bond acceptors (Lipinski definition) is 3. The molecule has 0 aliphatic carbocycles. The molecule has 0 saturated carbocycles. The van der Waals surface area contributed by atoms with Gasteiger partial charge in [0.1, 0.15) is 10.4 Å². The number of amides is 1. The zero-order valence-corrected chi connectivity index (χ0v) is 11.3. The lowest BCUT2D eigenvalue weighted by atomic mass is 10.2. The smallest absolute Gasteiger partial charge is 0.391 e. The van der Waals surface area contributed by atoms with E-state index in [9.17, 15) is 22.8 Å². The second-order valence-corrected chi connectivity index (χ2v) is 5.71. The molecule has 106 valence electrons. The van der Waals surface area contributed by atoms with Crippen molar-refractivity contribution in [3.8, 4) is 0 Å². The van der Waals surface area contributed by atoms with Crippen molar-refractivity contribution in [3.05, 3.63) is 20.3 Å². The minimum atomic E-state index is -4.72. The summed E-state index contributed by atoms with van der Waals surface area (Å²) in [5.74, 6) is -2.81. The number of halogens is 5. The second-order valence-electron chi connectivity index (χ2n) is 3.42. The van der Waals surface area contributed by atoms with Crippen molar-refractivity contribution >= 4 is 46.4 Å². The third kappa shape index (κ3) is 4.88. The molecule has 0 spiro atoms. The zero-order chi connectivity index (χ0) is 14.8. The summed E-state index contributed by atoms with van der Waals surface area (Å²) >= 11 is 12.1. The molecule has 0 aliphatic rings. The van der Waals surface area contributed by atoms with Gasteiger partial charge in [-0.25, -0.2) is 4.79 Å². The quantitative estimate of drug-likeness (QED) is 0.887. The molecule has 19 heavy (non-hydrogen) atoms. The maximum atomic E-state index is 12.1. The number of carboxylic acid groups (broad SMARTS) is 1. The Balaban J connectivity index is 2.83. The van der Waals surface area contributed by atoms with Crippen LogP contribution in [0.25, 0.3) is 0 Å². The Kier molecular flexibility index (Phi) is 5.05. The first-order chi connectivity index (χ1) is 8.60. The number of hydrogen-bond donors (Lipinski definition) is 2. The number of carbonyl (C=O) groups is 2. The first kappa shape index (κ1) is 16.1. The largest absolute Gasteiger partial charge is 0.480 e. The number of aliphatic carboxylic acids is 1. The van der Waals surface area contributed by atoms with Gasteiger partial charge in [-0.15, -0.1) is 11.3 Å². The van der Waals surface area contributed by atoms with Crippen molar-refractivity contribution in [1.29, 1.82) is 0 Å². The fourth-order valence-corrected chi connectivity index (χ4v) is 2.62. The summed E-state index contributed by atoms with van der Waals surface area (Å²) in [5.41, 5.74) is -0.162. The minimum Gasteiger partial charge on any atom is -0.480 e. The fourth-order valence-electron chi connectivity index (χ4n) is 1.16. The van der Waals surface area contributed by atoms with Crippen LogP contribution in [0.15, 0.2) is 6.07 Å². The van der Waals surface area contributed by atoms with Crippen LogP contribution in [-0.2, 0) is 4.79 Å². The molecule has 1 rings (SSSR count). The van der Waals surface area contributed by atoms with E-state index in [4.69, 9.17) is 28.3 Å². The minimum absolute atomic E-state index is 0.0290. The number of rotatable bonds is 4. The van der Waals surface area contributed by atoms with Gasteiger partial charge in [0.2, 0.25) is 0 Å². The average Bonchev–Trinajstić information content (AvgIpc) is 2.54. The first-order valence-electron chi connectivity index (χ1n) is 4.65. The van der Waals surface area contributed by atoms with Gasteiger partial charge in [-0.1, -0.05) is 23.2 Å². The van der Waals surface area contributed by atoms with Gasteiger partial charge in [-0.2, -0.15) is 13.2 Å². The predicted molar refractivity (Wildman–Crippen MR) is 63.9 cm³/mol. The molecule has 1 unspecified atom stereocenters. The van der Waals surface area contributed by atoms with Crippen molar-refractivity contribution < 1.29 is 27.9 Å². The van der Waals surface area contributed by atoms with Crippen LogP contribution in [0.5, 0.6) is 0 Å². The average molecular weight is 336 g/mol. The van der Waals surface area contributed by atoms with E-state index >= 15 is 0 Å². The second kappa shape index (κ2) is 5.98. The molecule has 0 aromatic carbocycles. The topological polar surface area (TPSA) is 66.4 Å². The predicted octanol–water partition coefficient (Wildman–Crippen LogP) is 3.19. The van der Waals surface area contributed by atoms with Crippen molar-refractivity contribution in [1.82, 2.24) is 5.32 Å². The number of carboxylic acids is 1. The van der Waals surface area contributed by atoms with E-state index in [0.717, 1.165) is 17.4 Å². The van der Waals surface area contributed by atoms with Crippen molar-refractivity contribution in [2.45, 2.75) is 18.6 Å². The van der Waals surface area contributed by atoms with Crippen LogP contribution >= 0.6 is 34.5 Å². The van der Waals surface area contributed by atoms with Gasteiger partial charge in [-0.05, 0) is 6.07 Å². The molecule has 0 saturated heterocycles. The van der Waals surface area contributed by atoms with Gasteiger partial charge in [0.05, 0.1) is 16.3 Å². The van der Waals surface area contributed by atoms with E-state index in [-0.39, 0.29) is 14.2 Å². The van der Waals surface area contributed by atoms with Gasteiger partial charge in [0, 0.05) is 0 Å². The molecule has 2 N–H and O–H groups in total. The third-order valence-corrected chi connectivity index (χ3v) is 3.43. The molecule has 4 nitrogen and oxygen atoms in total. The van der Waals surface area contributed by atoms with Crippen LogP contribution in [0, 0.1) is 0 Å². The van der Waals surface area contributed by atoms with Crippen LogP contribution < -0.4 is 5.32 Å². The fraction of sp³-hybridized carbons (Fsp3) is 0.333. The molecule has 0 fully saturated rings.